The minimum atomic E-state index is 0.293. The Balaban J connectivity index is 1.90. The van der Waals surface area contributed by atoms with Crippen molar-refractivity contribution in [2.24, 2.45) is 11.3 Å². The Morgan fingerprint density at radius 1 is 1.07 bits per heavy atom. The van der Waals surface area contributed by atoms with Crippen LogP contribution < -0.4 is 5.32 Å². The molecule has 88 valence electrons. The molecule has 1 heteroatoms. The first kappa shape index (κ1) is 11.4. The van der Waals surface area contributed by atoms with E-state index in [9.17, 15) is 0 Å². The Hall–Kier alpha value is -0.0400. The van der Waals surface area contributed by atoms with Gasteiger partial charge in [0.15, 0.2) is 0 Å². The summed E-state index contributed by atoms with van der Waals surface area (Å²) in [6.07, 6.45) is 10.4. The average molecular weight is 209 g/mol. The van der Waals surface area contributed by atoms with Crippen molar-refractivity contribution in [3.05, 3.63) is 0 Å². The summed E-state index contributed by atoms with van der Waals surface area (Å²) in [5.41, 5.74) is 0.991. The van der Waals surface area contributed by atoms with Gasteiger partial charge in [-0.2, -0.15) is 0 Å². The number of hydrogen-bond acceptors (Lipinski definition) is 1. The molecule has 2 aliphatic rings. The summed E-state index contributed by atoms with van der Waals surface area (Å²) in [5.74, 6) is 1.04. The van der Waals surface area contributed by atoms with E-state index in [4.69, 9.17) is 0 Å². The first-order chi connectivity index (χ1) is 7.02. The predicted molar refractivity (Wildman–Crippen MR) is 66.0 cm³/mol. The monoisotopic (exact) mass is 209 g/mol. The molecule has 15 heavy (non-hydrogen) atoms. The van der Waals surface area contributed by atoms with Crippen molar-refractivity contribution in [1.82, 2.24) is 5.32 Å². The summed E-state index contributed by atoms with van der Waals surface area (Å²) in [5, 5.41) is 3.74. The molecule has 0 unspecified atom stereocenters. The highest BCUT2D eigenvalue weighted by atomic mass is 15.0. The maximum Gasteiger partial charge on any atom is 0.00967 e. The molecule has 2 aliphatic carbocycles. The van der Waals surface area contributed by atoms with Gasteiger partial charge >= 0.3 is 0 Å². The molecular weight excluding hydrogens is 182 g/mol. The molecule has 0 radical (unpaired) electrons. The van der Waals surface area contributed by atoms with Gasteiger partial charge in [0, 0.05) is 12.1 Å². The van der Waals surface area contributed by atoms with E-state index in [-0.39, 0.29) is 0 Å². The largest absolute Gasteiger partial charge is 0.312 e. The molecule has 0 amide bonds. The fraction of sp³-hybridized carbons (Fsp3) is 1.00. The van der Waals surface area contributed by atoms with Gasteiger partial charge in [0.05, 0.1) is 0 Å². The first-order valence-corrected chi connectivity index (χ1v) is 6.77. The molecule has 1 N–H and O–H groups in total. The SMILES string of the molecule is CC(C)(C)NCC1(C2CCCC2)CCC1. The van der Waals surface area contributed by atoms with Gasteiger partial charge in [0.2, 0.25) is 0 Å². The Morgan fingerprint density at radius 3 is 2.07 bits per heavy atom. The Kier molecular flexibility index (Phi) is 3.12. The summed E-state index contributed by atoms with van der Waals surface area (Å²) >= 11 is 0. The van der Waals surface area contributed by atoms with Crippen LogP contribution in [0.15, 0.2) is 0 Å². The minimum Gasteiger partial charge on any atom is -0.312 e. The van der Waals surface area contributed by atoms with Crippen molar-refractivity contribution < 1.29 is 0 Å². The van der Waals surface area contributed by atoms with Crippen molar-refractivity contribution in [3.8, 4) is 0 Å². The van der Waals surface area contributed by atoms with Gasteiger partial charge in [-0.1, -0.05) is 19.3 Å². The van der Waals surface area contributed by atoms with E-state index in [0.717, 1.165) is 5.92 Å². The third-order valence-corrected chi connectivity index (χ3v) is 4.54. The van der Waals surface area contributed by atoms with Crippen molar-refractivity contribution in [2.75, 3.05) is 6.54 Å². The molecular formula is C14H27N. The van der Waals surface area contributed by atoms with Crippen molar-refractivity contribution in [3.63, 3.8) is 0 Å². The van der Waals surface area contributed by atoms with Gasteiger partial charge in [0.1, 0.15) is 0 Å². The molecule has 0 bridgehead atoms. The molecule has 2 fully saturated rings. The van der Waals surface area contributed by atoms with E-state index in [1.807, 2.05) is 0 Å². The van der Waals surface area contributed by atoms with Crippen LogP contribution in [-0.2, 0) is 0 Å². The molecule has 1 nitrogen and oxygen atoms in total. The van der Waals surface area contributed by atoms with E-state index in [0.29, 0.717) is 11.0 Å². The molecule has 2 rings (SSSR count). The fourth-order valence-electron chi connectivity index (χ4n) is 3.34. The molecule has 0 spiro atoms. The second-order valence-electron chi connectivity index (χ2n) is 6.80. The van der Waals surface area contributed by atoms with Gasteiger partial charge in [-0.25, -0.2) is 0 Å². The molecule has 0 aliphatic heterocycles. The zero-order valence-corrected chi connectivity index (χ0v) is 10.7. The standard InChI is InChI=1S/C14H27N/c1-13(2,3)15-11-14(9-6-10-14)12-7-4-5-8-12/h12,15H,4-11H2,1-3H3. The van der Waals surface area contributed by atoms with Crippen LogP contribution in [0.25, 0.3) is 0 Å². The lowest BCUT2D eigenvalue weighted by molar-refractivity contribution is 0.0444. The summed E-state index contributed by atoms with van der Waals surface area (Å²) in [4.78, 5) is 0. The smallest absolute Gasteiger partial charge is 0.00967 e. The van der Waals surface area contributed by atoms with Gasteiger partial charge in [-0.15, -0.1) is 0 Å². The van der Waals surface area contributed by atoms with Crippen molar-refractivity contribution in [2.45, 2.75) is 71.3 Å². The average Bonchev–Trinajstić information content (AvgIpc) is 2.53. The van der Waals surface area contributed by atoms with Gasteiger partial charge in [-0.05, 0) is 57.8 Å². The zero-order valence-electron chi connectivity index (χ0n) is 10.7. The number of nitrogens with one attached hydrogen (secondary N) is 1. The van der Waals surface area contributed by atoms with Crippen LogP contribution in [0.4, 0.5) is 0 Å². The number of rotatable bonds is 3. The van der Waals surface area contributed by atoms with E-state index >= 15 is 0 Å². The van der Waals surface area contributed by atoms with Crippen LogP contribution in [0.1, 0.15) is 65.7 Å². The Bertz CT molecular complexity index is 204. The third kappa shape index (κ3) is 2.55. The second-order valence-corrected chi connectivity index (χ2v) is 6.80. The van der Waals surface area contributed by atoms with Crippen LogP contribution in [0, 0.1) is 11.3 Å². The summed E-state index contributed by atoms with van der Waals surface area (Å²) < 4.78 is 0. The molecule has 0 atom stereocenters. The molecule has 2 saturated carbocycles. The second kappa shape index (κ2) is 4.08. The van der Waals surface area contributed by atoms with E-state index in [1.165, 1.54) is 51.5 Å². The first-order valence-electron chi connectivity index (χ1n) is 6.77. The quantitative estimate of drug-likeness (QED) is 0.746. The van der Waals surface area contributed by atoms with E-state index in [1.54, 1.807) is 0 Å². The number of hydrogen-bond donors (Lipinski definition) is 1. The lowest BCUT2D eigenvalue weighted by Crippen LogP contribution is -2.49. The molecule has 0 aromatic heterocycles. The lowest BCUT2D eigenvalue weighted by atomic mass is 9.60. The Labute approximate surface area is 95.0 Å². The Morgan fingerprint density at radius 2 is 1.67 bits per heavy atom. The maximum atomic E-state index is 3.74. The van der Waals surface area contributed by atoms with E-state index in [2.05, 4.69) is 26.1 Å². The summed E-state index contributed by atoms with van der Waals surface area (Å²) in [7, 11) is 0. The van der Waals surface area contributed by atoms with Crippen LogP contribution >= 0.6 is 0 Å². The van der Waals surface area contributed by atoms with Crippen LogP contribution in [0.2, 0.25) is 0 Å². The predicted octanol–water partition coefficient (Wildman–Crippen LogP) is 3.74. The van der Waals surface area contributed by atoms with Gasteiger partial charge in [0.25, 0.3) is 0 Å². The maximum absolute atomic E-state index is 3.74. The highest BCUT2D eigenvalue weighted by molar-refractivity contribution is 4.97. The van der Waals surface area contributed by atoms with Crippen molar-refractivity contribution >= 4 is 0 Å². The highest BCUT2D eigenvalue weighted by Crippen LogP contribution is 2.52. The molecule has 0 saturated heterocycles. The fourth-order valence-corrected chi connectivity index (χ4v) is 3.34. The zero-order chi connectivity index (χ0) is 10.9. The summed E-state index contributed by atoms with van der Waals surface area (Å²) in [6, 6.07) is 0. The van der Waals surface area contributed by atoms with Crippen molar-refractivity contribution in [1.29, 1.82) is 0 Å². The topological polar surface area (TPSA) is 12.0 Å². The molecule has 0 aromatic rings. The molecule has 0 aromatic carbocycles. The van der Waals surface area contributed by atoms with Crippen LogP contribution in [0.3, 0.4) is 0 Å². The third-order valence-electron chi connectivity index (χ3n) is 4.54. The van der Waals surface area contributed by atoms with E-state index < -0.39 is 0 Å². The normalized spacial score (nSPS) is 26.6. The summed E-state index contributed by atoms with van der Waals surface area (Å²) in [6.45, 7) is 8.12. The van der Waals surface area contributed by atoms with Gasteiger partial charge in [-0.3, -0.25) is 0 Å². The van der Waals surface area contributed by atoms with Crippen LogP contribution in [0.5, 0.6) is 0 Å². The van der Waals surface area contributed by atoms with Gasteiger partial charge < -0.3 is 5.32 Å². The van der Waals surface area contributed by atoms with Crippen LogP contribution in [-0.4, -0.2) is 12.1 Å². The minimum absolute atomic E-state index is 0.293. The molecule has 0 heterocycles. The highest BCUT2D eigenvalue weighted by Gasteiger charge is 2.44. The lowest BCUT2D eigenvalue weighted by Gasteiger charge is -2.48.